The van der Waals surface area contributed by atoms with Crippen molar-refractivity contribution in [1.82, 2.24) is 5.32 Å². The van der Waals surface area contributed by atoms with Crippen LogP contribution in [0.5, 0.6) is 0 Å². The Labute approximate surface area is 127 Å². The van der Waals surface area contributed by atoms with Gasteiger partial charge in [0.15, 0.2) is 0 Å². The van der Waals surface area contributed by atoms with Crippen LogP contribution < -0.4 is 5.32 Å². The summed E-state index contributed by atoms with van der Waals surface area (Å²) < 4.78 is 0. The van der Waals surface area contributed by atoms with E-state index in [4.69, 9.17) is 0 Å². The molecular weight excluding hydrogens is 258 g/mol. The first-order valence-corrected chi connectivity index (χ1v) is 7.59. The van der Waals surface area contributed by atoms with Crippen molar-refractivity contribution in [2.75, 3.05) is 0 Å². The van der Waals surface area contributed by atoms with E-state index in [2.05, 4.69) is 37.4 Å². The van der Waals surface area contributed by atoms with Crippen LogP contribution in [-0.2, 0) is 19.4 Å². The molecule has 0 aliphatic carbocycles. The normalized spacial score (nSPS) is 10.4. The first-order chi connectivity index (χ1) is 10.1. The van der Waals surface area contributed by atoms with Crippen molar-refractivity contribution in [3.05, 3.63) is 70.3 Å². The van der Waals surface area contributed by atoms with Crippen LogP contribution in [0.4, 0.5) is 0 Å². The molecule has 0 aliphatic rings. The summed E-state index contributed by atoms with van der Waals surface area (Å²) in [5.74, 6) is -0.0149. The lowest BCUT2D eigenvalue weighted by Crippen LogP contribution is -2.23. The largest absolute Gasteiger partial charge is 0.348 e. The Kier molecular flexibility index (Phi) is 5.15. The summed E-state index contributed by atoms with van der Waals surface area (Å²) in [6, 6.07) is 14.2. The molecule has 0 heterocycles. The molecule has 0 unspecified atom stereocenters. The average Bonchev–Trinajstić information content (AvgIpc) is 2.52. The lowest BCUT2D eigenvalue weighted by atomic mass is 10.0. The molecule has 0 bridgehead atoms. The van der Waals surface area contributed by atoms with Gasteiger partial charge in [-0.2, -0.15) is 0 Å². The van der Waals surface area contributed by atoms with Gasteiger partial charge in [0.2, 0.25) is 0 Å². The average molecular weight is 281 g/mol. The number of rotatable bonds is 5. The summed E-state index contributed by atoms with van der Waals surface area (Å²) in [6.45, 7) is 6.90. The molecule has 0 fully saturated rings. The van der Waals surface area contributed by atoms with Crippen molar-refractivity contribution in [1.29, 1.82) is 0 Å². The van der Waals surface area contributed by atoms with E-state index in [1.807, 2.05) is 31.2 Å². The lowest BCUT2D eigenvalue weighted by Gasteiger charge is -2.11. The second-order valence-corrected chi connectivity index (χ2v) is 5.36. The first-order valence-electron chi connectivity index (χ1n) is 7.59. The number of carbonyl (C=O) groups excluding carboxylic acids is 1. The molecule has 110 valence electrons. The van der Waals surface area contributed by atoms with Gasteiger partial charge in [-0.25, -0.2) is 0 Å². The molecule has 2 rings (SSSR count). The standard InChI is InChI=1S/C19H23NO/c1-4-15-8-11-16(5-2)18(12-15)13-20-19(21)17-9-6-14(3)7-10-17/h6-12H,4-5,13H2,1-3H3,(H,20,21). The first kappa shape index (κ1) is 15.3. The van der Waals surface area contributed by atoms with Gasteiger partial charge in [0.1, 0.15) is 0 Å². The highest BCUT2D eigenvalue weighted by Gasteiger charge is 2.07. The van der Waals surface area contributed by atoms with Crippen LogP contribution in [0.1, 0.15) is 46.5 Å². The van der Waals surface area contributed by atoms with Crippen molar-refractivity contribution in [2.24, 2.45) is 0 Å². The quantitative estimate of drug-likeness (QED) is 0.880. The van der Waals surface area contributed by atoms with Gasteiger partial charge in [-0.05, 0) is 48.6 Å². The minimum Gasteiger partial charge on any atom is -0.348 e. The monoisotopic (exact) mass is 281 g/mol. The topological polar surface area (TPSA) is 29.1 Å². The molecule has 2 nitrogen and oxygen atoms in total. The van der Waals surface area contributed by atoms with Crippen LogP contribution >= 0.6 is 0 Å². The van der Waals surface area contributed by atoms with Crippen LogP contribution in [0.2, 0.25) is 0 Å². The third kappa shape index (κ3) is 3.94. The molecule has 0 aromatic heterocycles. The van der Waals surface area contributed by atoms with E-state index in [9.17, 15) is 4.79 Å². The van der Waals surface area contributed by atoms with E-state index in [-0.39, 0.29) is 5.91 Å². The number of hydrogen-bond donors (Lipinski definition) is 1. The zero-order valence-electron chi connectivity index (χ0n) is 13.1. The maximum absolute atomic E-state index is 12.2. The van der Waals surface area contributed by atoms with E-state index in [0.717, 1.165) is 18.4 Å². The highest BCUT2D eigenvalue weighted by atomic mass is 16.1. The molecule has 21 heavy (non-hydrogen) atoms. The molecule has 0 radical (unpaired) electrons. The van der Waals surface area contributed by atoms with E-state index in [0.29, 0.717) is 12.1 Å². The second kappa shape index (κ2) is 7.07. The van der Waals surface area contributed by atoms with Gasteiger partial charge in [-0.15, -0.1) is 0 Å². The molecule has 0 atom stereocenters. The van der Waals surface area contributed by atoms with E-state index in [1.165, 1.54) is 16.7 Å². The summed E-state index contributed by atoms with van der Waals surface area (Å²) in [7, 11) is 0. The highest BCUT2D eigenvalue weighted by molar-refractivity contribution is 5.94. The smallest absolute Gasteiger partial charge is 0.251 e. The molecule has 2 aromatic carbocycles. The second-order valence-electron chi connectivity index (χ2n) is 5.36. The Bertz CT molecular complexity index is 614. The summed E-state index contributed by atoms with van der Waals surface area (Å²) in [5.41, 5.74) is 5.71. The lowest BCUT2D eigenvalue weighted by molar-refractivity contribution is 0.0951. The predicted molar refractivity (Wildman–Crippen MR) is 87.5 cm³/mol. The molecule has 0 saturated heterocycles. The molecule has 1 amide bonds. The van der Waals surface area contributed by atoms with Crippen LogP contribution in [0.15, 0.2) is 42.5 Å². The van der Waals surface area contributed by atoms with E-state index in [1.54, 1.807) is 0 Å². The predicted octanol–water partition coefficient (Wildman–Crippen LogP) is 4.05. The van der Waals surface area contributed by atoms with E-state index >= 15 is 0 Å². The van der Waals surface area contributed by atoms with Gasteiger partial charge in [-0.1, -0.05) is 49.7 Å². The number of amides is 1. The minimum atomic E-state index is -0.0149. The summed E-state index contributed by atoms with van der Waals surface area (Å²) in [6.07, 6.45) is 2.00. The number of benzene rings is 2. The maximum atomic E-state index is 12.2. The van der Waals surface area contributed by atoms with Crippen molar-refractivity contribution in [3.8, 4) is 0 Å². The molecule has 2 heteroatoms. The Morgan fingerprint density at radius 3 is 2.29 bits per heavy atom. The Morgan fingerprint density at radius 2 is 1.67 bits per heavy atom. The maximum Gasteiger partial charge on any atom is 0.251 e. The molecule has 2 aromatic rings. The van der Waals surface area contributed by atoms with Crippen molar-refractivity contribution >= 4 is 5.91 Å². The highest BCUT2D eigenvalue weighted by Crippen LogP contribution is 2.14. The summed E-state index contributed by atoms with van der Waals surface area (Å²) in [4.78, 5) is 12.2. The van der Waals surface area contributed by atoms with Gasteiger partial charge in [0.05, 0.1) is 0 Å². The fraction of sp³-hybridized carbons (Fsp3) is 0.316. The van der Waals surface area contributed by atoms with Gasteiger partial charge >= 0.3 is 0 Å². The third-order valence-corrected chi connectivity index (χ3v) is 3.81. The third-order valence-electron chi connectivity index (χ3n) is 3.81. The fourth-order valence-electron chi connectivity index (χ4n) is 2.39. The number of nitrogens with one attached hydrogen (secondary N) is 1. The number of carbonyl (C=O) groups is 1. The molecular formula is C19H23NO. The fourth-order valence-corrected chi connectivity index (χ4v) is 2.39. The number of aryl methyl sites for hydroxylation is 3. The summed E-state index contributed by atoms with van der Waals surface area (Å²) >= 11 is 0. The van der Waals surface area contributed by atoms with Gasteiger partial charge in [0.25, 0.3) is 5.91 Å². The Hall–Kier alpha value is -2.09. The number of hydrogen-bond acceptors (Lipinski definition) is 1. The molecule has 1 N–H and O–H groups in total. The Morgan fingerprint density at radius 1 is 0.952 bits per heavy atom. The van der Waals surface area contributed by atoms with Crippen molar-refractivity contribution in [3.63, 3.8) is 0 Å². The van der Waals surface area contributed by atoms with E-state index < -0.39 is 0 Å². The summed E-state index contributed by atoms with van der Waals surface area (Å²) in [5, 5.41) is 3.02. The Balaban J connectivity index is 2.08. The van der Waals surface area contributed by atoms with Gasteiger partial charge in [-0.3, -0.25) is 4.79 Å². The van der Waals surface area contributed by atoms with Crippen LogP contribution in [0, 0.1) is 6.92 Å². The van der Waals surface area contributed by atoms with Crippen LogP contribution in [-0.4, -0.2) is 5.91 Å². The zero-order chi connectivity index (χ0) is 15.2. The van der Waals surface area contributed by atoms with Crippen molar-refractivity contribution < 1.29 is 4.79 Å². The van der Waals surface area contributed by atoms with Gasteiger partial charge in [0, 0.05) is 12.1 Å². The molecule has 0 saturated carbocycles. The van der Waals surface area contributed by atoms with Gasteiger partial charge < -0.3 is 5.32 Å². The minimum absolute atomic E-state index is 0.0149. The zero-order valence-corrected chi connectivity index (χ0v) is 13.1. The van der Waals surface area contributed by atoms with Crippen LogP contribution in [0.3, 0.4) is 0 Å². The molecule has 0 aliphatic heterocycles. The van der Waals surface area contributed by atoms with Crippen molar-refractivity contribution in [2.45, 2.75) is 40.2 Å². The molecule has 0 spiro atoms. The SMILES string of the molecule is CCc1ccc(CC)c(CNC(=O)c2ccc(C)cc2)c1. The van der Waals surface area contributed by atoms with Crippen LogP contribution in [0.25, 0.3) is 0 Å².